The van der Waals surface area contributed by atoms with E-state index >= 15 is 0 Å². The number of aryl methyl sites for hydroxylation is 1. The minimum atomic E-state index is -0.0720. The highest BCUT2D eigenvalue weighted by Crippen LogP contribution is 2.75. The average Bonchev–Trinajstić information content (AvgIpc) is 2.91. The topological polar surface area (TPSA) is 26.0 Å². The molecule has 0 amide bonds. The van der Waals surface area contributed by atoms with E-state index < -0.39 is 0 Å². The second-order valence-corrected chi connectivity index (χ2v) is 10.2. The molecule has 3 saturated carbocycles. The summed E-state index contributed by atoms with van der Waals surface area (Å²) in [5.74, 6) is 1.91. The molecule has 5 rings (SSSR count). The van der Waals surface area contributed by atoms with Gasteiger partial charge in [-0.25, -0.2) is 4.39 Å². The van der Waals surface area contributed by atoms with Crippen molar-refractivity contribution in [3.05, 3.63) is 35.1 Å². The number of hydrogen-bond acceptors (Lipinski definition) is 1. The van der Waals surface area contributed by atoms with Gasteiger partial charge in [0.05, 0.1) is 0 Å². The first-order chi connectivity index (χ1) is 12.9. The molecule has 150 valence electrons. The van der Waals surface area contributed by atoms with Crippen molar-refractivity contribution in [1.82, 2.24) is 0 Å². The van der Waals surface area contributed by atoms with Crippen LogP contribution in [0.2, 0.25) is 0 Å². The molecule has 1 aromatic rings. The zero-order valence-electron chi connectivity index (χ0n) is 17.6. The van der Waals surface area contributed by atoms with E-state index in [1.165, 1.54) is 75.3 Å². The van der Waals surface area contributed by atoms with Gasteiger partial charge in [0.25, 0.3) is 0 Å². The van der Waals surface area contributed by atoms with Crippen LogP contribution >= 0.6 is 0 Å². The Morgan fingerprint density at radius 2 is 1.81 bits per heavy atom. The Hall–Kier alpha value is -0.890. The molecule has 4 unspecified atom stereocenters. The molecule has 1 spiro atoms. The summed E-state index contributed by atoms with van der Waals surface area (Å²) >= 11 is 0. The molecule has 1 aromatic carbocycles. The molecule has 0 heterocycles. The van der Waals surface area contributed by atoms with Gasteiger partial charge < -0.3 is 5.73 Å². The lowest BCUT2D eigenvalue weighted by Gasteiger charge is -2.30. The van der Waals surface area contributed by atoms with E-state index in [4.69, 9.17) is 5.73 Å². The third-order valence-electron chi connectivity index (χ3n) is 8.81. The third kappa shape index (κ3) is 2.98. The van der Waals surface area contributed by atoms with Gasteiger partial charge in [0.2, 0.25) is 0 Å². The van der Waals surface area contributed by atoms with Crippen molar-refractivity contribution in [2.45, 2.75) is 102 Å². The SMILES string of the molecule is CC1CCC23CC2(N)CCC13.CCCC1(CCC)CCc2ccc(F)cc21. The first-order valence-corrected chi connectivity index (χ1v) is 11.5. The van der Waals surface area contributed by atoms with Crippen LogP contribution in [0.1, 0.15) is 96.1 Å². The summed E-state index contributed by atoms with van der Waals surface area (Å²) in [4.78, 5) is 0. The molecule has 0 saturated heterocycles. The summed E-state index contributed by atoms with van der Waals surface area (Å²) in [5, 5.41) is 0. The van der Waals surface area contributed by atoms with E-state index in [-0.39, 0.29) is 11.2 Å². The molecule has 0 radical (unpaired) electrons. The van der Waals surface area contributed by atoms with Crippen LogP contribution in [0, 0.1) is 23.1 Å². The molecule has 0 bridgehead atoms. The van der Waals surface area contributed by atoms with Crippen molar-refractivity contribution in [2.24, 2.45) is 23.0 Å². The van der Waals surface area contributed by atoms with Gasteiger partial charge in [-0.15, -0.1) is 0 Å². The van der Waals surface area contributed by atoms with Crippen molar-refractivity contribution in [2.75, 3.05) is 0 Å². The highest BCUT2D eigenvalue weighted by Gasteiger charge is 2.74. The van der Waals surface area contributed by atoms with Crippen LogP contribution in [0.4, 0.5) is 4.39 Å². The minimum absolute atomic E-state index is 0.0720. The summed E-state index contributed by atoms with van der Waals surface area (Å²) < 4.78 is 13.4. The summed E-state index contributed by atoms with van der Waals surface area (Å²) in [7, 11) is 0. The normalized spacial score (nSPS) is 37.2. The number of fused-ring (bicyclic) bond motifs is 1. The van der Waals surface area contributed by atoms with Gasteiger partial charge in [0.15, 0.2) is 0 Å². The maximum absolute atomic E-state index is 13.4. The van der Waals surface area contributed by atoms with Crippen LogP contribution < -0.4 is 5.73 Å². The largest absolute Gasteiger partial charge is 0.325 e. The van der Waals surface area contributed by atoms with Gasteiger partial charge >= 0.3 is 0 Å². The Labute approximate surface area is 165 Å². The van der Waals surface area contributed by atoms with E-state index in [1.807, 2.05) is 6.07 Å². The fraction of sp³-hybridized carbons (Fsp3) is 0.760. The summed E-state index contributed by atoms with van der Waals surface area (Å²) in [6.07, 6.45) is 14.1. The first kappa shape index (κ1) is 19.4. The fourth-order valence-electron chi connectivity index (χ4n) is 7.45. The van der Waals surface area contributed by atoms with Gasteiger partial charge in [0.1, 0.15) is 5.82 Å². The molecule has 2 heteroatoms. The number of hydrogen-bond donors (Lipinski definition) is 1. The van der Waals surface area contributed by atoms with Crippen molar-refractivity contribution < 1.29 is 4.39 Å². The molecule has 4 atom stereocenters. The Morgan fingerprint density at radius 1 is 1.07 bits per heavy atom. The highest BCUT2D eigenvalue weighted by atomic mass is 19.1. The number of rotatable bonds is 4. The van der Waals surface area contributed by atoms with E-state index in [9.17, 15) is 4.39 Å². The lowest BCUT2D eigenvalue weighted by atomic mass is 9.74. The van der Waals surface area contributed by atoms with Crippen LogP contribution in [-0.2, 0) is 11.8 Å². The van der Waals surface area contributed by atoms with Gasteiger partial charge in [-0.1, -0.05) is 39.7 Å². The van der Waals surface area contributed by atoms with Gasteiger partial charge in [-0.3, -0.25) is 0 Å². The lowest BCUT2D eigenvalue weighted by molar-refractivity contribution is 0.324. The van der Waals surface area contributed by atoms with Crippen LogP contribution in [0.3, 0.4) is 0 Å². The zero-order valence-corrected chi connectivity index (χ0v) is 17.6. The van der Waals surface area contributed by atoms with Gasteiger partial charge in [0, 0.05) is 5.54 Å². The lowest BCUT2D eigenvalue weighted by Crippen LogP contribution is -2.26. The van der Waals surface area contributed by atoms with Crippen LogP contribution in [-0.4, -0.2) is 5.54 Å². The quantitative estimate of drug-likeness (QED) is 0.640. The maximum Gasteiger partial charge on any atom is 0.123 e. The molecule has 3 fully saturated rings. The van der Waals surface area contributed by atoms with Crippen molar-refractivity contribution >= 4 is 0 Å². The molecule has 27 heavy (non-hydrogen) atoms. The smallest absolute Gasteiger partial charge is 0.123 e. The predicted molar refractivity (Wildman–Crippen MR) is 111 cm³/mol. The fourth-order valence-corrected chi connectivity index (χ4v) is 7.45. The summed E-state index contributed by atoms with van der Waals surface area (Å²) in [5.41, 5.74) is 10.2. The van der Waals surface area contributed by atoms with Crippen molar-refractivity contribution in [3.63, 3.8) is 0 Å². The van der Waals surface area contributed by atoms with Gasteiger partial charge in [-0.05, 0) is 104 Å². The number of benzene rings is 1. The average molecular weight is 372 g/mol. The van der Waals surface area contributed by atoms with E-state index in [0.717, 1.165) is 18.3 Å². The van der Waals surface area contributed by atoms with E-state index in [0.29, 0.717) is 11.0 Å². The number of nitrogens with two attached hydrogens (primary N) is 1. The monoisotopic (exact) mass is 371 g/mol. The van der Waals surface area contributed by atoms with Crippen molar-refractivity contribution in [3.8, 4) is 0 Å². The zero-order chi connectivity index (χ0) is 19.3. The van der Waals surface area contributed by atoms with E-state index in [1.54, 1.807) is 12.1 Å². The van der Waals surface area contributed by atoms with Crippen LogP contribution in [0.5, 0.6) is 0 Å². The van der Waals surface area contributed by atoms with Gasteiger partial charge in [-0.2, -0.15) is 0 Å². The molecule has 0 aliphatic heterocycles. The predicted octanol–water partition coefficient (Wildman–Crippen LogP) is 6.52. The van der Waals surface area contributed by atoms with E-state index in [2.05, 4.69) is 20.8 Å². The molecular weight excluding hydrogens is 333 g/mol. The first-order valence-electron chi connectivity index (χ1n) is 11.5. The molecule has 4 aliphatic carbocycles. The number of halogens is 1. The minimum Gasteiger partial charge on any atom is -0.325 e. The second kappa shape index (κ2) is 6.87. The molecule has 2 N–H and O–H groups in total. The standard InChI is InChI=1S/C15H21F.C10H17N/c1-3-8-15(9-4-2)10-7-12-5-6-13(16)11-14(12)15;1-7-2-4-9-6-10(9,11)5-3-8(7)9/h5-6,11H,3-4,7-10H2,1-2H3;7-8H,2-6,11H2,1H3. The molecular formula is C25H38FN. The Balaban J connectivity index is 0.000000141. The Bertz CT molecular complexity index is 686. The van der Waals surface area contributed by atoms with Crippen LogP contribution in [0.15, 0.2) is 18.2 Å². The summed E-state index contributed by atoms with van der Waals surface area (Å²) in [6, 6.07) is 5.37. The maximum atomic E-state index is 13.4. The summed E-state index contributed by atoms with van der Waals surface area (Å²) in [6.45, 7) is 6.88. The highest BCUT2D eigenvalue weighted by molar-refractivity contribution is 5.39. The molecule has 4 aliphatic rings. The third-order valence-corrected chi connectivity index (χ3v) is 8.81. The Kier molecular flexibility index (Phi) is 4.94. The molecule has 0 aromatic heterocycles. The Morgan fingerprint density at radius 3 is 2.44 bits per heavy atom. The van der Waals surface area contributed by atoms with Crippen LogP contribution in [0.25, 0.3) is 0 Å². The van der Waals surface area contributed by atoms with Crippen molar-refractivity contribution in [1.29, 1.82) is 0 Å². The second-order valence-electron chi connectivity index (χ2n) is 10.2. The molecule has 1 nitrogen and oxygen atoms in total.